The highest BCUT2D eigenvalue weighted by Crippen LogP contribution is 2.39. The lowest BCUT2D eigenvalue weighted by atomic mass is 9.91. The molecule has 0 radical (unpaired) electrons. The summed E-state index contributed by atoms with van der Waals surface area (Å²) in [6.45, 7) is 2.31. The summed E-state index contributed by atoms with van der Waals surface area (Å²) in [5, 5.41) is 0. The van der Waals surface area contributed by atoms with Crippen molar-refractivity contribution in [3.05, 3.63) is 29.8 Å². The average molecular weight is 219 g/mol. The molecule has 1 saturated carbocycles. The Hall–Kier alpha value is -1.02. The van der Waals surface area contributed by atoms with E-state index in [0.29, 0.717) is 5.92 Å². The molecule has 1 aliphatic rings. The van der Waals surface area contributed by atoms with Crippen LogP contribution in [0.1, 0.15) is 37.8 Å². The Labute approximate surface area is 97.8 Å². The molecule has 2 rings (SSSR count). The number of methoxy groups -OCH3 is 1. The van der Waals surface area contributed by atoms with Crippen LogP contribution in [0.3, 0.4) is 0 Å². The minimum Gasteiger partial charge on any atom is -0.496 e. The lowest BCUT2D eigenvalue weighted by molar-refractivity contribution is 0.381. The van der Waals surface area contributed by atoms with Crippen molar-refractivity contribution in [2.24, 2.45) is 17.6 Å². The molecule has 1 aromatic carbocycles. The summed E-state index contributed by atoms with van der Waals surface area (Å²) in [7, 11) is 1.71. The van der Waals surface area contributed by atoms with Gasteiger partial charge in [0.15, 0.2) is 0 Å². The molecular weight excluding hydrogens is 198 g/mol. The van der Waals surface area contributed by atoms with E-state index in [1.165, 1.54) is 19.3 Å². The molecule has 1 aliphatic carbocycles. The van der Waals surface area contributed by atoms with Crippen molar-refractivity contribution in [3.63, 3.8) is 0 Å². The molecular formula is C14H21NO. The van der Waals surface area contributed by atoms with Crippen LogP contribution >= 0.6 is 0 Å². The predicted octanol–water partition coefficient (Wildman–Crippen LogP) is 3.13. The van der Waals surface area contributed by atoms with Crippen LogP contribution < -0.4 is 10.5 Å². The highest BCUT2D eigenvalue weighted by Gasteiger charge is 2.28. The van der Waals surface area contributed by atoms with E-state index in [4.69, 9.17) is 10.5 Å². The van der Waals surface area contributed by atoms with Crippen molar-refractivity contribution < 1.29 is 4.74 Å². The van der Waals surface area contributed by atoms with Crippen LogP contribution in [0.4, 0.5) is 0 Å². The van der Waals surface area contributed by atoms with E-state index in [2.05, 4.69) is 13.0 Å². The molecule has 2 N–H and O–H groups in total. The lowest BCUT2D eigenvalue weighted by Crippen LogP contribution is -2.20. The maximum atomic E-state index is 6.36. The first-order chi connectivity index (χ1) is 7.72. The molecule has 16 heavy (non-hydrogen) atoms. The number of rotatable bonds is 3. The van der Waals surface area contributed by atoms with E-state index in [1.54, 1.807) is 7.11 Å². The number of ether oxygens (including phenoxy) is 1. The fraction of sp³-hybridized carbons (Fsp3) is 0.571. The van der Waals surface area contributed by atoms with Gasteiger partial charge in [0.1, 0.15) is 5.75 Å². The molecule has 0 spiro atoms. The summed E-state index contributed by atoms with van der Waals surface area (Å²) in [5.41, 5.74) is 7.52. The van der Waals surface area contributed by atoms with Gasteiger partial charge in [-0.1, -0.05) is 31.5 Å². The second-order valence-electron chi connectivity index (χ2n) is 4.95. The van der Waals surface area contributed by atoms with Gasteiger partial charge in [0.25, 0.3) is 0 Å². The largest absolute Gasteiger partial charge is 0.496 e. The van der Waals surface area contributed by atoms with E-state index in [1.807, 2.05) is 18.2 Å². The van der Waals surface area contributed by atoms with E-state index >= 15 is 0 Å². The zero-order valence-electron chi connectivity index (χ0n) is 10.1. The fourth-order valence-corrected chi connectivity index (χ4v) is 2.77. The topological polar surface area (TPSA) is 35.2 Å². The zero-order chi connectivity index (χ0) is 11.5. The number of benzene rings is 1. The third-order valence-corrected chi connectivity index (χ3v) is 3.74. The molecule has 1 aromatic rings. The van der Waals surface area contributed by atoms with Crippen molar-refractivity contribution in [1.82, 2.24) is 0 Å². The van der Waals surface area contributed by atoms with Crippen LogP contribution in [-0.4, -0.2) is 7.11 Å². The summed E-state index contributed by atoms with van der Waals surface area (Å²) in [6, 6.07) is 8.24. The van der Waals surface area contributed by atoms with Crippen molar-refractivity contribution in [3.8, 4) is 5.75 Å². The average Bonchev–Trinajstić information content (AvgIpc) is 2.75. The molecule has 0 bridgehead atoms. The molecule has 3 atom stereocenters. The Morgan fingerprint density at radius 1 is 1.31 bits per heavy atom. The Bertz CT molecular complexity index is 350. The SMILES string of the molecule is COc1ccccc1C(N)C1CCC(C)C1. The van der Waals surface area contributed by atoms with Crippen LogP contribution in [0.2, 0.25) is 0 Å². The fourth-order valence-electron chi connectivity index (χ4n) is 2.77. The highest BCUT2D eigenvalue weighted by atomic mass is 16.5. The van der Waals surface area contributed by atoms with E-state index in [0.717, 1.165) is 17.2 Å². The lowest BCUT2D eigenvalue weighted by Gasteiger charge is -2.21. The Kier molecular flexibility index (Phi) is 3.49. The summed E-state index contributed by atoms with van der Waals surface area (Å²) >= 11 is 0. The number of para-hydroxylation sites is 1. The number of hydrogen-bond donors (Lipinski definition) is 1. The molecule has 0 saturated heterocycles. The van der Waals surface area contributed by atoms with E-state index in [-0.39, 0.29) is 6.04 Å². The smallest absolute Gasteiger partial charge is 0.123 e. The van der Waals surface area contributed by atoms with Gasteiger partial charge in [-0.05, 0) is 30.7 Å². The molecule has 0 amide bonds. The molecule has 0 aliphatic heterocycles. The first-order valence-corrected chi connectivity index (χ1v) is 6.11. The minimum absolute atomic E-state index is 0.126. The zero-order valence-corrected chi connectivity index (χ0v) is 10.1. The third-order valence-electron chi connectivity index (χ3n) is 3.74. The molecule has 2 heteroatoms. The van der Waals surface area contributed by atoms with Crippen molar-refractivity contribution in [1.29, 1.82) is 0 Å². The van der Waals surface area contributed by atoms with Crippen LogP contribution in [0, 0.1) is 11.8 Å². The van der Waals surface area contributed by atoms with Crippen molar-refractivity contribution >= 4 is 0 Å². The summed E-state index contributed by atoms with van der Waals surface area (Å²) in [4.78, 5) is 0. The van der Waals surface area contributed by atoms with Crippen molar-refractivity contribution in [2.45, 2.75) is 32.2 Å². The normalized spacial score (nSPS) is 26.7. The summed E-state index contributed by atoms with van der Waals surface area (Å²) in [5.74, 6) is 2.37. The van der Waals surface area contributed by atoms with E-state index < -0.39 is 0 Å². The standard InChI is InChI=1S/C14H21NO/c1-10-7-8-11(9-10)14(15)12-5-3-4-6-13(12)16-2/h3-6,10-11,14H,7-9,15H2,1-2H3. The monoisotopic (exact) mass is 219 g/mol. The molecule has 2 nitrogen and oxygen atoms in total. The van der Waals surface area contributed by atoms with Crippen molar-refractivity contribution in [2.75, 3.05) is 7.11 Å². The second kappa shape index (κ2) is 4.88. The van der Waals surface area contributed by atoms with Gasteiger partial charge >= 0.3 is 0 Å². The molecule has 1 fully saturated rings. The first-order valence-electron chi connectivity index (χ1n) is 6.11. The second-order valence-corrected chi connectivity index (χ2v) is 4.95. The van der Waals surface area contributed by atoms with E-state index in [9.17, 15) is 0 Å². The van der Waals surface area contributed by atoms with Crippen LogP contribution in [0.15, 0.2) is 24.3 Å². The first kappa shape index (κ1) is 11.5. The van der Waals surface area contributed by atoms with Gasteiger partial charge in [-0.3, -0.25) is 0 Å². The predicted molar refractivity (Wildman–Crippen MR) is 66.4 cm³/mol. The van der Waals surface area contributed by atoms with Crippen LogP contribution in [0.5, 0.6) is 5.75 Å². The van der Waals surface area contributed by atoms with Gasteiger partial charge in [-0.2, -0.15) is 0 Å². The van der Waals surface area contributed by atoms with Gasteiger partial charge in [-0.15, -0.1) is 0 Å². The Morgan fingerprint density at radius 3 is 2.69 bits per heavy atom. The molecule has 0 aromatic heterocycles. The van der Waals surface area contributed by atoms with Gasteiger partial charge in [0, 0.05) is 11.6 Å². The summed E-state index contributed by atoms with van der Waals surface area (Å²) in [6.07, 6.45) is 3.81. The minimum atomic E-state index is 0.126. The Balaban J connectivity index is 2.16. The maximum absolute atomic E-state index is 6.36. The van der Waals surface area contributed by atoms with Gasteiger partial charge in [0.05, 0.1) is 7.11 Å². The van der Waals surface area contributed by atoms with Gasteiger partial charge in [0.2, 0.25) is 0 Å². The number of nitrogens with two attached hydrogens (primary N) is 1. The highest BCUT2D eigenvalue weighted by molar-refractivity contribution is 5.36. The molecule has 0 heterocycles. The van der Waals surface area contributed by atoms with Crippen LogP contribution in [-0.2, 0) is 0 Å². The Morgan fingerprint density at radius 2 is 2.06 bits per heavy atom. The molecule has 3 unspecified atom stereocenters. The van der Waals surface area contributed by atoms with Gasteiger partial charge in [-0.25, -0.2) is 0 Å². The maximum Gasteiger partial charge on any atom is 0.123 e. The summed E-state index contributed by atoms with van der Waals surface area (Å²) < 4.78 is 5.37. The third kappa shape index (κ3) is 2.22. The van der Waals surface area contributed by atoms with Crippen LogP contribution in [0.25, 0.3) is 0 Å². The number of hydrogen-bond acceptors (Lipinski definition) is 2. The molecule has 88 valence electrons. The van der Waals surface area contributed by atoms with Gasteiger partial charge < -0.3 is 10.5 Å². The quantitative estimate of drug-likeness (QED) is 0.847.